The van der Waals surface area contributed by atoms with Gasteiger partial charge in [0.1, 0.15) is 5.84 Å². The first-order valence-corrected chi connectivity index (χ1v) is 4.45. The quantitative estimate of drug-likeness (QED) is 0.334. The summed E-state index contributed by atoms with van der Waals surface area (Å²) in [5.41, 5.74) is 9.86. The molecule has 0 aromatic heterocycles. The molecule has 2 aliphatic carbocycles. The van der Waals surface area contributed by atoms with Gasteiger partial charge in [-0.1, -0.05) is 0 Å². The summed E-state index contributed by atoms with van der Waals surface area (Å²) in [5.74, 6) is -0.106. The van der Waals surface area contributed by atoms with Crippen LogP contribution in [0.3, 0.4) is 0 Å². The van der Waals surface area contributed by atoms with Crippen molar-refractivity contribution in [3.05, 3.63) is 0 Å². The zero-order chi connectivity index (χ0) is 9.69. The van der Waals surface area contributed by atoms with Crippen molar-refractivity contribution in [3.63, 3.8) is 0 Å². The number of carbonyl (C=O) groups excluding carboxylic acids is 1. The van der Waals surface area contributed by atoms with Gasteiger partial charge in [0, 0.05) is 0 Å². The second-order valence-electron chi connectivity index (χ2n) is 4.11. The van der Waals surface area contributed by atoms with E-state index in [1.165, 1.54) is 0 Å². The molecule has 2 fully saturated rings. The summed E-state index contributed by atoms with van der Waals surface area (Å²) in [6.07, 6.45) is 3.02. The van der Waals surface area contributed by atoms with Crippen molar-refractivity contribution in [2.45, 2.75) is 36.8 Å². The Hall–Kier alpha value is -1.10. The van der Waals surface area contributed by atoms with Crippen LogP contribution in [0.2, 0.25) is 0 Å². The standard InChI is InChI=1S/C8H14N4O/c9-5(10)8(3-4-8)12-6(13)7(11)1-2-7/h1-4,11H2,(H3,9,10)(H,12,13). The third-order valence-electron chi connectivity index (χ3n) is 2.86. The topological polar surface area (TPSA) is 105 Å². The Kier molecular flexibility index (Phi) is 1.46. The van der Waals surface area contributed by atoms with E-state index in [0.29, 0.717) is 0 Å². The molecular weight excluding hydrogens is 168 g/mol. The van der Waals surface area contributed by atoms with Crippen LogP contribution in [0.15, 0.2) is 0 Å². The van der Waals surface area contributed by atoms with Crippen LogP contribution in [0.5, 0.6) is 0 Å². The Morgan fingerprint density at radius 3 is 2.15 bits per heavy atom. The first-order valence-electron chi connectivity index (χ1n) is 4.45. The van der Waals surface area contributed by atoms with Crippen molar-refractivity contribution in [1.29, 1.82) is 5.41 Å². The number of amides is 1. The lowest BCUT2D eigenvalue weighted by atomic mass is 10.2. The van der Waals surface area contributed by atoms with Gasteiger partial charge in [0.2, 0.25) is 5.91 Å². The molecule has 6 N–H and O–H groups in total. The molecule has 0 radical (unpaired) electrons. The van der Waals surface area contributed by atoms with Crippen molar-refractivity contribution in [2.75, 3.05) is 0 Å². The lowest BCUT2D eigenvalue weighted by Gasteiger charge is -2.18. The van der Waals surface area contributed by atoms with Crippen LogP contribution >= 0.6 is 0 Å². The van der Waals surface area contributed by atoms with Gasteiger partial charge in [-0.25, -0.2) is 0 Å². The molecule has 2 saturated carbocycles. The molecule has 0 bridgehead atoms. The SMILES string of the molecule is N=C(N)C1(NC(=O)C2(N)CC2)CC1. The molecule has 5 nitrogen and oxygen atoms in total. The van der Waals surface area contributed by atoms with Gasteiger partial charge in [-0.05, 0) is 25.7 Å². The second kappa shape index (κ2) is 2.23. The predicted molar refractivity (Wildman–Crippen MR) is 48.2 cm³/mol. The lowest BCUT2D eigenvalue weighted by Crippen LogP contribution is -2.53. The molecule has 2 aliphatic rings. The van der Waals surface area contributed by atoms with E-state index in [1.54, 1.807) is 0 Å². The highest BCUT2D eigenvalue weighted by molar-refractivity contribution is 5.98. The minimum absolute atomic E-state index is 0.0464. The summed E-state index contributed by atoms with van der Waals surface area (Å²) in [6, 6.07) is 0. The molecule has 1 amide bonds. The normalized spacial score (nSPS) is 26.2. The van der Waals surface area contributed by atoms with Crippen molar-refractivity contribution < 1.29 is 4.79 Å². The lowest BCUT2D eigenvalue weighted by molar-refractivity contribution is -0.123. The monoisotopic (exact) mass is 182 g/mol. The first kappa shape index (κ1) is 8.50. The summed E-state index contributed by atoms with van der Waals surface area (Å²) >= 11 is 0. The molecule has 72 valence electrons. The zero-order valence-electron chi connectivity index (χ0n) is 7.39. The molecule has 0 aromatic carbocycles. The average molecular weight is 182 g/mol. The zero-order valence-corrected chi connectivity index (χ0v) is 7.39. The van der Waals surface area contributed by atoms with E-state index in [9.17, 15) is 4.79 Å². The van der Waals surface area contributed by atoms with Gasteiger partial charge in [0.15, 0.2) is 0 Å². The maximum absolute atomic E-state index is 11.5. The van der Waals surface area contributed by atoms with E-state index in [0.717, 1.165) is 25.7 Å². The summed E-state index contributed by atoms with van der Waals surface area (Å²) in [7, 11) is 0. The summed E-state index contributed by atoms with van der Waals surface area (Å²) < 4.78 is 0. The molecule has 0 aliphatic heterocycles. The van der Waals surface area contributed by atoms with Crippen LogP contribution < -0.4 is 16.8 Å². The van der Waals surface area contributed by atoms with E-state index >= 15 is 0 Å². The van der Waals surface area contributed by atoms with Gasteiger partial charge < -0.3 is 16.8 Å². The molecule has 0 saturated heterocycles. The molecular formula is C8H14N4O. The number of amidine groups is 1. The second-order valence-corrected chi connectivity index (χ2v) is 4.11. The maximum Gasteiger partial charge on any atom is 0.240 e. The van der Waals surface area contributed by atoms with Gasteiger partial charge in [-0.3, -0.25) is 10.2 Å². The van der Waals surface area contributed by atoms with Crippen molar-refractivity contribution in [1.82, 2.24) is 5.32 Å². The predicted octanol–water partition coefficient (Wildman–Crippen LogP) is -0.938. The van der Waals surface area contributed by atoms with Crippen LogP contribution in [-0.4, -0.2) is 22.8 Å². The minimum Gasteiger partial charge on any atom is -0.386 e. The minimum atomic E-state index is -0.662. The largest absolute Gasteiger partial charge is 0.386 e. The van der Waals surface area contributed by atoms with E-state index in [2.05, 4.69) is 5.32 Å². The third-order valence-corrected chi connectivity index (χ3v) is 2.86. The summed E-state index contributed by atoms with van der Waals surface area (Å²) in [6.45, 7) is 0. The van der Waals surface area contributed by atoms with Gasteiger partial charge in [-0.2, -0.15) is 0 Å². The summed E-state index contributed by atoms with van der Waals surface area (Å²) in [5, 5.41) is 10.1. The average Bonchev–Trinajstić information content (AvgIpc) is 2.88. The number of rotatable bonds is 3. The fourth-order valence-corrected chi connectivity index (χ4v) is 1.29. The molecule has 0 spiro atoms. The molecule has 5 heteroatoms. The Morgan fingerprint density at radius 1 is 1.31 bits per heavy atom. The van der Waals surface area contributed by atoms with Crippen LogP contribution in [0, 0.1) is 5.41 Å². The third kappa shape index (κ3) is 1.29. The fraction of sp³-hybridized carbons (Fsp3) is 0.750. The molecule has 0 atom stereocenters. The van der Waals surface area contributed by atoms with E-state index < -0.39 is 11.1 Å². The Bertz CT molecular complexity index is 278. The molecule has 0 heterocycles. The van der Waals surface area contributed by atoms with Crippen LogP contribution in [0.25, 0.3) is 0 Å². The summed E-state index contributed by atoms with van der Waals surface area (Å²) in [4.78, 5) is 11.5. The smallest absolute Gasteiger partial charge is 0.240 e. The maximum atomic E-state index is 11.5. The van der Waals surface area contributed by atoms with Gasteiger partial charge >= 0.3 is 0 Å². The van der Waals surface area contributed by atoms with Gasteiger partial charge in [0.25, 0.3) is 0 Å². The van der Waals surface area contributed by atoms with Crippen molar-refractivity contribution in [2.24, 2.45) is 11.5 Å². The highest BCUT2D eigenvalue weighted by Crippen LogP contribution is 2.38. The number of carbonyl (C=O) groups is 1. The van der Waals surface area contributed by atoms with Crippen LogP contribution in [0.1, 0.15) is 25.7 Å². The molecule has 0 aromatic rings. The van der Waals surface area contributed by atoms with E-state index in [1.807, 2.05) is 0 Å². The first-order chi connectivity index (χ1) is 5.99. The number of nitrogens with two attached hydrogens (primary N) is 2. The van der Waals surface area contributed by atoms with Crippen molar-refractivity contribution in [3.8, 4) is 0 Å². The Balaban J connectivity index is 1.98. The Morgan fingerprint density at radius 2 is 1.85 bits per heavy atom. The molecule has 13 heavy (non-hydrogen) atoms. The van der Waals surface area contributed by atoms with E-state index in [-0.39, 0.29) is 11.7 Å². The van der Waals surface area contributed by atoms with Gasteiger partial charge in [0.05, 0.1) is 11.1 Å². The number of hydrogen-bond donors (Lipinski definition) is 4. The van der Waals surface area contributed by atoms with Crippen molar-refractivity contribution >= 4 is 11.7 Å². The van der Waals surface area contributed by atoms with Crippen LogP contribution in [0.4, 0.5) is 0 Å². The van der Waals surface area contributed by atoms with Gasteiger partial charge in [-0.15, -0.1) is 0 Å². The fourth-order valence-electron chi connectivity index (χ4n) is 1.29. The molecule has 2 rings (SSSR count). The number of hydrogen-bond acceptors (Lipinski definition) is 3. The Labute approximate surface area is 76.4 Å². The highest BCUT2D eigenvalue weighted by atomic mass is 16.2. The highest BCUT2D eigenvalue weighted by Gasteiger charge is 2.53. The number of nitrogens with one attached hydrogen (secondary N) is 2. The molecule has 0 unspecified atom stereocenters. The van der Waals surface area contributed by atoms with Crippen LogP contribution in [-0.2, 0) is 4.79 Å². The van der Waals surface area contributed by atoms with E-state index in [4.69, 9.17) is 16.9 Å².